The molecule has 1 atom stereocenters. The Labute approximate surface area is 295 Å². The fraction of sp³-hybridized carbons (Fsp3) is 0.282. The first-order valence-corrected chi connectivity index (χ1v) is 17.1. The highest BCUT2D eigenvalue weighted by molar-refractivity contribution is 6.34. The van der Waals surface area contributed by atoms with Gasteiger partial charge < -0.3 is 24.8 Å². The lowest BCUT2D eigenvalue weighted by molar-refractivity contribution is -0.137. The summed E-state index contributed by atoms with van der Waals surface area (Å²) in [5.74, 6) is 0.342. The van der Waals surface area contributed by atoms with Crippen molar-refractivity contribution in [2.75, 3.05) is 32.0 Å². The van der Waals surface area contributed by atoms with Crippen molar-refractivity contribution in [1.29, 1.82) is 0 Å². The minimum absolute atomic E-state index is 0.0687. The normalized spacial score (nSPS) is 15.0. The Morgan fingerprint density at radius 3 is 2.60 bits per heavy atom. The van der Waals surface area contributed by atoms with Gasteiger partial charge in [-0.25, -0.2) is 9.97 Å². The van der Waals surface area contributed by atoms with Crippen LogP contribution in [0.4, 0.5) is 11.5 Å². The fourth-order valence-corrected chi connectivity index (χ4v) is 7.05. The average molecular weight is 691 g/mol. The number of β-amino-alcohol motifs (C(OH)–C–C–N with tert-alkyl or cyclic N) is 1. The molecule has 50 heavy (non-hydrogen) atoms. The van der Waals surface area contributed by atoms with Crippen LogP contribution in [0.5, 0.6) is 0 Å². The zero-order valence-corrected chi connectivity index (χ0v) is 29.0. The zero-order chi connectivity index (χ0) is 34.9. The van der Waals surface area contributed by atoms with Gasteiger partial charge in [-0.05, 0) is 97.1 Å². The Bertz CT molecular complexity index is 2220. The molecule has 6 aromatic rings. The van der Waals surface area contributed by atoms with E-state index in [-0.39, 0.29) is 12.5 Å². The second-order valence-corrected chi connectivity index (χ2v) is 13.6. The highest BCUT2D eigenvalue weighted by Gasteiger charge is 2.21. The summed E-state index contributed by atoms with van der Waals surface area (Å²) in [6, 6.07) is 20.2. The highest BCUT2D eigenvalue weighted by atomic mass is 35.5. The molecule has 7 rings (SSSR count). The molecule has 0 saturated carbocycles. The number of oxazole rings is 1. The summed E-state index contributed by atoms with van der Waals surface area (Å²) in [6.45, 7) is 7.48. The Kier molecular flexibility index (Phi) is 9.52. The first-order valence-electron chi connectivity index (χ1n) is 16.7. The van der Waals surface area contributed by atoms with E-state index in [0.717, 1.165) is 75.0 Å². The van der Waals surface area contributed by atoms with Gasteiger partial charge in [0.15, 0.2) is 11.4 Å². The molecule has 0 spiro atoms. The number of aliphatic hydroxyl groups excluding tert-OH is 1. The number of aliphatic hydroxyl groups is 1. The Balaban J connectivity index is 1.15. The van der Waals surface area contributed by atoms with E-state index in [4.69, 9.17) is 31.1 Å². The molecule has 11 heteroatoms. The summed E-state index contributed by atoms with van der Waals surface area (Å²) in [4.78, 5) is 29.5. The van der Waals surface area contributed by atoms with Crippen molar-refractivity contribution in [2.24, 2.45) is 0 Å². The summed E-state index contributed by atoms with van der Waals surface area (Å²) in [6.07, 6.45) is 4.33. The summed E-state index contributed by atoms with van der Waals surface area (Å²) < 4.78 is 6.24. The van der Waals surface area contributed by atoms with Crippen molar-refractivity contribution in [3.63, 3.8) is 0 Å². The number of nitrogens with one attached hydrogen (secondary N) is 1. The number of hydrogen-bond donors (Lipinski definition) is 3. The van der Waals surface area contributed by atoms with Crippen LogP contribution in [0.15, 0.2) is 77.5 Å². The predicted octanol–water partition coefficient (Wildman–Crippen LogP) is 7.59. The maximum Gasteiger partial charge on any atom is 0.304 e. The van der Waals surface area contributed by atoms with Crippen molar-refractivity contribution < 1.29 is 19.4 Å². The van der Waals surface area contributed by atoms with Gasteiger partial charge in [-0.1, -0.05) is 35.9 Å². The van der Waals surface area contributed by atoms with Gasteiger partial charge in [0.25, 0.3) is 0 Å². The maximum absolute atomic E-state index is 11.0. The average Bonchev–Trinajstić information content (AvgIpc) is 3.71. The third-order valence-electron chi connectivity index (χ3n) is 9.42. The van der Waals surface area contributed by atoms with Gasteiger partial charge in [0, 0.05) is 61.8 Å². The summed E-state index contributed by atoms with van der Waals surface area (Å²) in [7, 11) is 1.88. The molecular weight excluding hydrogens is 652 g/mol. The molecule has 1 aliphatic rings. The van der Waals surface area contributed by atoms with Gasteiger partial charge in [0.2, 0.25) is 5.89 Å². The third-order valence-corrected chi connectivity index (χ3v) is 9.70. The van der Waals surface area contributed by atoms with E-state index in [9.17, 15) is 9.90 Å². The molecule has 0 unspecified atom stereocenters. The zero-order valence-electron chi connectivity index (χ0n) is 28.3. The summed E-state index contributed by atoms with van der Waals surface area (Å²) >= 11 is 6.66. The number of carboxylic acids is 1. The molecule has 0 amide bonds. The molecular formula is C39H39ClN6O4. The molecule has 256 valence electrons. The van der Waals surface area contributed by atoms with E-state index in [2.05, 4.69) is 47.2 Å². The first kappa shape index (κ1) is 33.6. The maximum atomic E-state index is 11.0. The second kappa shape index (κ2) is 14.2. The Morgan fingerprint density at radius 2 is 1.82 bits per heavy atom. The number of hydrogen-bond acceptors (Lipinski definition) is 9. The smallest absolute Gasteiger partial charge is 0.304 e. The van der Waals surface area contributed by atoms with Crippen LogP contribution in [0, 0.1) is 13.8 Å². The van der Waals surface area contributed by atoms with Crippen LogP contribution < -0.4 is 5.32 Å². The number of benzene rings is 3. The van der Waals surface area contributed by atoms with Crippen molar-refractivity contribution in [3.8, 4) is 22.6 Å². The van der Waals surface area contributed by atoms with E-state index in [0.29, 0.717) is 47.5 Å². The lowest BCUT2D eigenvalue weighted by Crippen LogP contribution is -2.21. The minimum atomic E-state index is -0.827. The van der Waals surface area contributed by atoms with Crippen LogP contribution in [-0.2, 0) is 17.9 Å². The standard InChI is InChI=1S/C39H39ClN6O4/c1-23-29(6-4-8-31(23)39-44-34-18-25(17-32(40)37(34)50-39)20-45(3)14-12-35(48)49)30-7-5-9-33(24(30)2)43-38-36-27(10-13-41-38)16-26(19-42-36)21-46-15-11-28(47)22-46/h4-10,13,16-19,28,47H,11-12,14-15,20-22H2,1-3H3,(H,41,43)(H,48,49)/t28-/m0/s1. The SMILES string of the molecule is Cc1c(Nc2nccc3cc(CN4CC[C@H](O)C4)cnc23)cccc1-c1cccc(-c2nc3cc(CN(C)CCC(=O)O)cc(Cl)c3o2)c1C. The second-order valence-electron chi connectivity index (χ2n) is 13.2. The van der Waals surface area contributed by atoms with E-state index in [1.54, 1.807) is 6.20 Å². The van der Waals surface area contributed by atoms with Gasteiger partial charge in [-0.15, -0.1) is 0 Å². The number of anilines is 2. The Morgan fingerprint density at radius 1 is 1.04 bits per heavy atom. The number of pyridine rings is 2. The number of fused-ring (bicyclic) bond motifs is 2. The molecule has 4 heterocycles. The fourth-order valence-electron chi connectivity index (χ4n) is 6.78. The van der Waals surface area contributed by atoms with Gasteiger partial charge in [0.05, 0.1) is 17.5 Å². The van der Waals surface area contributed by atoms with E-state index in [1.165, 1.54) is 0 Å². The van der Waals surface area contributed by atoms with Crippen LogP contribution >= 0.6 is 11.6 Å². The van der Waals surface area contributed by atoms with Gasteiger partial charge in [-0.2, -0.15) is 0 Å². The number of carboxylic acid groups (broad SMARTS) is 1. The van der Waals surface area contributed by atoms with Crippen LogP contribution in [0.2, 0.25) is 5.02 Å². The molecule has 1 aliphatic heterocycles. The topological polar surface area (TPSA) is 128 Å². The van der Waals surface area contributed by atoms with Gasteiger partial charge >= 0.3 is 5.97 Å². The summed E-state index contributed by atoms with van der Waals surface area (Å²) in [5.41, 5.74) is 10.0. The predicted molar refractivity (Wildman–Crippen MR) is 197 cm³/mol. The molecule has 3 N–H and O–H groups in total. The van der Waals surface area contributed by atoms with E-state index < -0.39 is 5.97 Å². The Hall–Kier alpha value is -4.87. The molecule has 0 bridgehead atoms. The quantitative estimate of drug-likeness (QED) is 0.125. The van der Waals surface area contributed by atoms with Crippen LogP contribution in [0.25, 0.3) is 44.6 Å². The highest BCUT2D eigenvalue weighted by Crippen LogP contribution is 2.38. The van der Waals surface area contributed by atoms with E-state index >= 15 is 0 Å². The van der Waals surface area contributed by atoms with E-state index in [1.807, 2.05) is 60.6 Å². The van der Waals surface area contributed by atoms with Crippen molar-refractivity contribution in [3.05, 3.63) is 100 Å². The molecule has 0 radical (unpaired) electrons. The largest absolute Gasteiger partial charge is 0.481 e. The lowest BCUT2D eigenvalue weighted by Gasteiger charge is -2.17. The minimum Gasteiger partial charge on any atom is -0.481 e. The number of aliphatic carboxylic acids is 1. The third kappa shape index (κ3) is 7.06. The number of nitrogens with zero attached hydrogens (tertiary/aromatic N) is 5. The molecule has 10 nitrogen and oxygen atoms in total. The first-order chi connectivity index (χ1) is 24.1. The monoisotopic (exact) mass is 690 g/mol. The number of likely N-dealkylation sites (tertiary alicyclic amines) is 1. The number of aromatic nitrogens is 3. The number of halogens is 1. The van der Waals surface area contributed by atoms with Gasteiger partial charge in [0.1, 0.15) is 11.0 Å². The van der Waals surface area contributed by atoms with Crippen molar-refractivity contribution in [2.45, 2.75) is 45.9 Å². The van der Waals surface area contributed by atoms with Crippen LogP contribution in [0.3, 0.4) is 0 Å². The molecule has 3 aromatic carbocycles. The lowest BCUT2D eigenvalue weighted by atomic mass is 9.93. The van der Waals surface area contributed by atoms with Crippen molar-refractivity contribution >= 4 is 51.1 Å². The molecule has 0 aliphatic carbocycles. The van der Waals surface area contributed by atoms with Crippen molar-refractivity contribution in [1.82, 2.24) is 24.8 Å². The van der Waals surface area contributed by atoms with Crippen LogP contribution in [0.1, 0.15) is 35.1 Å². The molecule has 1 saturated heterocycles. The van der Waals surface area contributed by atoms with Gasteiger partial charge in [-0.3, -0.25) is 14.7 Å². The molecule has 1 fully saturated rings. The summed E-state index contributed by atoms with van der Waals surface area (Å²) in [5, 5.41) is 24.0. The number of rotatable bonds is 11. The molecule has 3 aromatic heterocycles. The number of carbonyl (C=O) groups is 1. The van der Waals surface area contributed by atoms with Crippen LogP contribution in [-0.4, -0.2) is 73.7 Å².